The van der Waals surface area contributed by atoms with E-state index >= 15 is 0 Å². The van der Waals surface area contributed by atoms with Gasteiger partial charge in [-0.15, -0.1) is 0 Å². The Balaban J connectivity index is 1.75. The van der Waals surface area contributed by atoms with Gasteiger partial charge >= 0.3 is 0 Å². The number of benzene rings is 1. The summed E-state index contributed by atoms with van der Waals surface area (Å²) in [6, 6.07) is 6.85. The molecule has 0 spiro atoms. The van der Waals surface area contributed by atoms with Gasteiger partial charge in [0.15, 0.2) is 0 Å². The fraction of sp³-hybridized carbons (Fsp3) is 0.647. The number of ether oxygens (including phenoxy) is 1. The normalized spacial score (nSPS) is 29.0. The van der Waals surface area contributed by atoms with E-state index < -0.39 is 0 Å². The van der Waals surface area contributed by atoms with E-state index in [4.69, 9.17) is 10.5 Å². The largest absolute Gasteiger partial charge is 0.487 e. The van der Waals surface area contributed by atoms with E-state index in [9.17, 15) is 0 Å². The summed E-state index contributed by atoms with van der Waals surface area (Å²) in [5.74, 6) is 1.76. The topological polar surface area (TPSA) is 38.5 Å². The van der Waals surface area contributed by atoms with Gasteiger partial charge in [-0.05, 0) is 38.3 Å². The van der Waals surface area contributed by atoms with Crippen LogP contribution in [-0.2, 0) is 13.0 Å². The van der Waals surface area contributed by atoms with Gasteiger partial charge in [-0.3, -0.25) is 4.90 Å². The minimum absolute atomic E-state index is 0.0642. The number of fused-ring (bicyclic) bond motifs is 1. The first kappa shape index (κ1) is 13.9. The van der Waals surface area contributed by atoms with Crippen molar-refractivity contribution in [1.82, 2.24) is 4.90 Å². The number of piperidine rings is 1. The molecule has 1 saturated heterocycles. The van der Waals surface area contributed by atoms with Crippen LogP contribution >= 0.6 is 0 Å². The van der Waals surface area contributed by atoms with E-state index in [1.165, 1.54) is 17.5 Å². The average Bonchev–Trinajstić information content (AvgIpc) is 2.69. The van der Waals surface area contributed by atoms with Gasteiger partial charge < -0.3 is 10.5 Å². The predicted molar refractivity (Wildman–Crippen MR) is 81.9 cm³/mol. The van der Waals surface area contributed by atoms with Crippen LogP contribution in [0.5, 0.6) is 5.75 Å². The lowest BCUT2D eigenvalue weighted by atomic mass is 9.94. The van der Waals surface area contributed by atoms with Crippen LogP contribution < -0.4 is 10.5 Å². The number of nitrogens with two attached hydrogens (primary N) is 1. The molecule has 1 aromatic carbocycles. The minimum atomic E-state index is -0.0642. The summed E-state index contributed by atoms with van der Waals surface area (Å²) in [6.07, 6.45) is 2.20. The van der Waals surface area contributed by atoms with Crippen molar-refractivity contribution in [3.8, 4) is 5.75 Å². The average molecular weight is 274 g/mol. The first-order valence-corrected chi connectivity index (χ1v) is 7.72. The lowest BCUT2D eigenvalue weighted by Crippen LogP contribution is -2.47. The van der Waals surface area contributed by atoms with Crippen LogP contribution in [0.1, 0.15) is 38.3 Å². The van der Waals surface area contributed by atoms with Crippen molar-refractivity contribution in [3.63, 3.8) is 0 Å². The molecule has 3 rings (SSSR count). The van der Waals surface area contributed by atoms with E-state index in [0.29, 0.717) is 12.0 Å². The van der Waals surface area contributed by atoms with Crippen molar-refractivity contribution in [2.24, 2.45) is 11.7 Å². The monoisotopic (exact) mass is 274 g/mol. The Hall–Kier alpha value is -1.06. The molecule has 2 aliphatic rings. The second-order valence-corrected chi connectivity index (χ2v) is 7.11. The summed E-state index contributed by atoms with van der Waals surface area (Å²) in [4.78, 5) is 2.47. The molecule has 0 aliphatic carbocycles. The molecule has 0 aromatic heterocycles. The van der Waals surface area contributed by atoms with Gasteiger partial charge in [0.2, 0.25) is 0 Å². The van der Waals surface area contributed by atoms with Crippen LogP contribution in [0.3, 0.4) is 0 Å². The quantitative estimate of drug-likeness (QED) is 0.901. The molecular weight excluding hydrogens is 248 g/mol. The highest BCUT2D eigenvalue weighted by Gasteiger charge is 2.32. The third kappa shape index (κ3) is 2.70. The summed E-state index contributed by atoms with van der Waals surface area (Å²) in [7, 11) is 0. The molecule has 0 bridgehead atoms. The van der Waals surface area contributed by atoms with Crippen LogP contribution in [0, 0.1) is 5.92 Å². The number of hydrogen-bond donors (Lipinski definition) is 1. The first-order chi connectivity index (χ1) is 9.44. The van der Waals surface area contributed by atoms with Crippen molar-refractivity contribution in [2.45, 2.75) is 51.8 Å². The maximum Gasteiger partial charge on any atom is 0.127 e. The molecule has 1 fully saturated rings. The highest BCUT2D eigenvalue weighted by Crippen LogP contribution is 2.38. The van der Waals surface area contributed by atoms with Crippen molar-refractivity contribution in [1.29, 1.82) is 0 Å². The molecule has 0 amide bonds. The van der Waals surface area contributed by atoms with E-state index in [-0.39, 0.29) is 5.60 Å². The van der Waals surface area contributed by atoms with Crippen LogP contribution in [-0.4, -0.2) is 29.6 Å². The Bertz CT molecular complexity index is 498. The van der Waals surface area contributed by atoms with Gasteiger partial charge in [-0.2, -0.15) is 0 Å². The number of likely N-dealkylation sites (tertiary alicyclic amines) is 1. The SMILES string of the molecule is CC1CCN(Cc2cccc3c2OC(C)(C)C3)CC1N. The molecule has 1 aromatic rings. The second kappa shape index (κ2) is 5.05. The number of nitrogens with zero attached hydrogens (tertiary/aromatic N) is 1. The zero-order valence-corrected chi connectivity index (χ0v) is 12.9. The lowest BCUT2D eigenvalue weighted by Gasteiger charge is -2.35. The maximum absolute atomic E-state index is 6.21. The molecule has 110 valence electrons. The number of hydrogen-bond acceptors (Lipinski definition) is 3. The molecule has 20 heavy (non-hydrogen) atoms. The van der Waals surface area contributed by atoms with Gasteiger partial charge in [0, 0.05) is 31.1 Å². The summed E-state index contributed by atoms with van der Waals surface area (Å²) < 4.78 is 6.16. The van der Waals surface area contributed by atoms with Crippen molar-refractivity contribution >= 4 is 0 Å². The zero-order valence-electron chi connectivity index (χ0n) is 12.9. The van der Waals surface area contributed by atoms with Gasteiger partial charge in [-0.25, -0.2) is 0 Å². The highest BCUT2D eigenvalue weighted by molar-refractivity contribution is 5.45. The highest BCUT2D eigenvalue weighted by atomic mass is 16.5. The molecule has 2 atom stereocenters. The molecule has 3 heteroatoms. The third-order valence-electron chi connectivity index (χ3n) is 4.67. The summed E-state index contributed by atoms with van der Waals surface area (Å²) in [5.41, 5.74) is 8.80. The fourth-order valence-corrected chi connectivity index (χ4v) is 3.36. The Morgan fingerprint density at radius 1 is 1.40 bits per heavy atom. The molecule has 3 nitrogen and oxygen atoms in total. The maximum atomic E-state index is 6.21. The van der Waals surface area contributed by atoms with E-state index in [1.54, 1.807) is 0 Å². The van der Waals surface area contributed by atoms with Crippen molar-refractivity contribution in [3.05, 3.63) is 29.3 Å². The van der Waals surface area contributed by atoms with Gasteiger partial charge in [0.05, 0.1) is 0 Å². The summed E-state index contributed by atoms with van der Waals surface area (Å²) in [6.45, 7) is 9.67. The first-order valence-electron chi connectivity index (χ1n) is 7.72. The molecule has 2 unspecified atom stereocenters. The third-order valence-corrected chi connectivity index (χ3v) is 4.67. The van der Waals surface area contributed by atoms with Crippen LogP contribution in [0.2, 0.25) is 0 Å². The Morgan fingerprint density at radius 2 is 2.20 bits per heavy atom. The molecule has 2 aliphatic heterocycles. The zero-order chi connectivity index (χ0) is 14.3. The summed E-state index contributed by atoms with van der Waals surface area (Å²) in [5, 5.41) is 0. The van der Waals surface area contributed by atoms with Gasteiger partial charge in [-0.1, -0.05) is 25.1 Å². The van der Waals surface area contributed by atoms with Crippen LogP contribution in [0.25, 0.3) is 0 Å². The molecule has 0 radical (unpaired) electrons. The Kier molecular flexibility index (Phi) is 3.51. The number of para-hydroxylation sites is 1. The van der Waals surface area contributed by atoms with Crippen molar-refractivity contribution < 1.29 is 4.74 Å². The minimum Gasteiger partial charge on any atom is -0.487 e. The molecule has 2 heterocycles. The molecule has 0 saturated carbocycles. The van der Waals surface area contributed by atoms with E-state index in [2.05, 4.69) is 43.9 Å². The molecule has 2 N–H and O–H groups in total. The summed E-state index contributed by atoms with van der Waals surface area (Å²) >= 11 is 0. The standard InChI is InChI=1S/C17H26N2O/c1-12-7-8-19(11-15(12)18)10-14-6-4-5-13-9-17(2,3)20-16(13)14/h4-6,12,15H,7-11,18H2,1-3H3. The molecular formula is C17H26N2O. The second-order valence-electron chi connectivity index (χ2n) is 7.11. The smallest absolute Gasteiger partial charge is 0.127 e. The van der Waals surface area contributed by atoms with Gasteiger partial charge in [0.25, 0.3) is 0 Å². The van der Waals surface area contributed by atoms with E-state index in [1.807, 2.05) is 0 Å². The number of rotatable bonds is 2. The van der Waals surface area contributed by atoms with Crippen molar-refractivity contribution in [2.75, 3.05) is 13.1 Å². The Morgan fingerprint density at radius 3 is 2.95 bits per heavy atom. The predicted octanol–water partition coefficient (Wildman–Crippen LogP) is 2.57. The van der Waals surface area contributed by atoms with Crippen LogP contribution in [0.15, 0.2) is 18.2 Å². The fourth-order valence-electron chi connectivity index (χ4n) is 3.36. The lowest BCUT2D eigenvalue weighted by molar-refractivity contribution is 0.130. The van der Waals surface area contributed by atoms with Crippen LogP contribution in [0.4, 0.5) is 0 Å². The van der Waals surface area contributed by atoms with Gasteiger partial charge in [0.1, 0.15) is 11.4 Å². The Labute approximate surface area is 122 Å². The van der Waals surface area contributed by atoms with E-state index in [0.717, 1.165) is 31.8 Å².